The van der Waals surface area contributed by atoms with Gasteiger partial charge in [-0.25, -0.2) is 0 Å². The summed E-state index contributed by atoms with van der Waals surface area (Å²) in [6.07, 6.45) is 9.91. The van der Waals surface area contributed by atoms with Gasteiger partial charge >= 0.3 is 5.97 Å². The molecular formula is C24H33ClN2O3. The maximum Gasteiger partial charge on any atom is 0.304 e. The van der Waals surface area contributed by atoms with Crippen LogP contribution in [0.15, 0.2) is 18.2 Å². The van der Waals surface area contributed by atoms with E-state index in [1.807, 2.05) is 18.2 Å². The lowest BCUT2D eigenvalue weighted by molar-refractivity contribution is -0.136. The predicted molar refractivity (Wildman–Crippen MR) is 118 cm³/mol. The van der Waals surface area contributed by atoms with E-state index in [0.717, 1.165) is 49.2 Å². The summed E-state index contributed by atoms with van der Waals surface area (Å²) in [6.45, 7) is 2.01. The van der Waals surface area contributed by atoms with Crippen LogP contribution in [-0.4, -0.2) is 36.6 Å². The summed E-state index contributed by atoms with van der Waals surface area (Å²) in [5.74, 6) is 1.79. The SMILES string of the molecule is O=C(O)CCNCCCc1ccc(Cl)c(C(=O)NCC23CC4CC(CC(C4)C2)C3)c1. The van der Waals surface area contributed by atoms with Crippen LogP contribution in [-0.2, 0) is 11.2 Å². The second-order valence-corrected chi connectivity index (χ2v) is 10.3. The van der Waals surface area contributed by atoms with Gasteiger partial charge in [0.15, 0.2) is 0 Å². The van der Waals surface area contributed by atoms with E-state index < -0.39 is 5.97 Å². The Labute approximate surface area is 184 Å². The third kappa shape index (κ3) is 5.17. The molecule has 164 valence electrons. The standard InChI is InChI=1S/C24H33ClN2O3/c25-21-4-3-16(2-1-6-26-7-5-22(28)29)11-20(21)23(30)27-15-24-12-17-8-18(13-24)10-19(9-17)14-24/h3-4,11,17-19,26H,1-2,5-10,12-15H2,(H,27,30)(H,28,29). The van der Waals surface area contributed by atoms with Crippen molar-refractivity contribution in [3.8, 4) is 0 Å². The molecule has 0 unspecified atom stereocenters. The molecule has 0 radical (unpaired) electrons. The van der Waals surface area contributed by atoms with Gasteiger partial charge in [0, 0.05) is 13.1 Å². The zero-order chi connectivity index (χ0) is 21.1. The van der Waals surface area contributed by atoms with Crippen LogP contribution in [0.5, 0.6) is 0 Å². The highest BCUT2D eigenvalue weighted by Crippen LogP contribution is 2.59. The fraction of sp³-hybridized carbons (Fsp3) is 0.667. The van der Waals surface area contributed by atoms with Crippen molar-refractivity contribution < 1.29 is 14.7 Å². The molecule has 6 heteroatoms. The van der Waals surface area contributed by atoms with Gasteiger partial charge in [0.2, 0.25) is 0 Å². The van der Waals surface area contributed by atoms with Crippen LogP contribution in [0.1, 0.15) is 67.3 Å². The van der Waals surface area contributed by atoms with E-state index in [9.17, 15) is 9.59 Å². The molecule has 0 atom stereocenters. The number of aliphatic carboxylic acids is 1. The predicted octanol–water partition coefficient (Wildman–Crippen LogP) is 4.28. The minimum Gasteiger partial charge on any atom is -0.481 e. The molecule has 0 heterocycles. The maximum absolute atomic E-state index is 12.9. The molecule has 1 amide bonds. The second kappa shape index (κ2) is 9.27. The summed E-state index contributed by atoms with van der Waals surface area (Å²) in [5, 5.41) is 15.5. The van der Waals surface area contributed by atoms with Crippen molar-refractivity contribution in [1.82, 2.24) is 10.6 Å². The first-order chi connectivity index (χ1) is 14.4. The van der Waals surface area contributed by atoms with Gasteiger partial charge in [-0.15, -0.1) is 0 Å². The molecule has 5 rings (SSSR count). The molecule has 0 saturated heterocycles. The zero-order valence-electron chi connectivity index (χ0n) is 17.6. The topological polar surface area (TPSA) is 78.4 Å². The number of carboxylic acids is 1. The average molecular weight is 433 g/mol. The fourth-order valence-corrected chi connectivity index (χ4v) is 6.71. The quantitative estimate of drug-likeness (QED) is 0.482. The van der Waals surface area contributed by atoms with Gasteiger partial charge in [-0.3, -0.25) is 9.59 Å². The lowest BCUT2D eigenvalue weighted by Gasteiger charge is -2.56. The van der Waals surface area contributed by atoms with Gasteiger partial charge in [-0.1, -0.05) is 17.7 Å². The minimum atomic E-state index is -0.788. The normalized spacial score (nSPS) is 29.2. The first-order valence-corrected chi connectivity index (χ1v) is 11.8. The lowest BCUT2D eigenvalue weighted by atomic mass is 9.49. The van der Waals surface area contributed by atoms with Gasteiger partial charge in [-0.05, 0) is 98.8 Å². The monoisotopic (exact) mass is 432 g/mol. The molecule has 5 nitrogen and oxygen atoms in total. The van der Waals surface area contributed by atoms with Crippen molar-refractivity contribution in [3.05, 3.63) is 34.3 Å². The number of hydrogen-bond acceptors (Lipinski definition) is 3. The summed E-state index contributed by atoms with van der Waals surface area (Å²) >= 11 is 6.35. The van der Waals surface area contributed by atoms with E-state index in [1.165, 1.54) is 38.5 Å². The largest absolute Gasteiger partial charge is 0.481 e. The number of nitrogens with one attached hydrogen (secondary N) is 2. The van der Waals surface area contributed by atoms with E-state index in [4.69, 9.17) is 16.7 Å². The Morgan fingerprint density at radius 3 is 2.37 bits per heavy atom. The summed E-state index contributed by atoms with van der Waals surface area (Å²) in [5.41, 5.74) is 1.97. The molecular weight excluding hydrogens is 400 g/mol. The zero-order valence-corrected chi connectivity index (χ0v) is 18.3. The average Bonchev–Trinajstić information content (AvgIpc) is 2.69. The Kier molecular flexibility index (Phi) is 6.69. The number of hydrogen-bond donors (Lipinski definition) is 3. The summed E-state index contributed by atoms with van der Waals surface area (Å²) in [6, 6.07) is 5.69. The molecule has 1 aromatic rings. The molecule has 0 aliphatic heterocycles. The molecule has 4 saturated carbocycles. The van der Waals surface area contributed by atoms with E-state index in [2.05, 4.69) is 10.6 Å². The number of amides is 1. The van der Waals surface area contributed by atoms with Crippen molar-refractivity contribution >= 4 is 23.5 Å². The Morgan fingerprint density at radius 1 is 1.07 bits per heavy atom. The minimum absolute atomic E-state index is 0.0582. The Balaban J connectivity index is 1.28. The molecule has 0 spiro atoms. The Bertz CT molecular complexity index is 759. The van der Waals surface area contributed by atoms with Gasteiger partial charge < -0.3 is 15.7 Å². The van der Waals surface area contributed by atoms with Crippen LogP contribution in [0.25, 0.3) is 0 Å². The Morgan fingerprint density at radius 2 is 1.73 bits per heavy atom. The van der Waals surface area contributed by atoms with Crippen LogP contribution >= 0.6 is 11.6 Å². The Hall–Kier alpha value is -1.59. The van der Waals surface area contributed by atoms with Gasteiger partial charge in [0.25, 0.3) is 5.91 Å². The molecule has 4 aliphatic carbocycles. The van der Waals surface area contributed by atoms with E-state index >= 15 is 0 Å². The molecule has 4 fully saturated rings. The van der Waals surface area contributed by atoms with Crippen molar-refractivity contribution in [2.45, 2.75) is 57.8 Å². The maximum atomic E-state index is 12.9. The van der Waals surface area contributed by atoms with Gasteiger partial charge in [0.1, 0.15) is 0 Å². The third-order valence-corrected chi connectivity index (χ3v) is 7.73. The van der Waals surface area contributed by atoms with Gasteiger partial charge in [-0.2, -0.15) is 0 Å². The van der Waals surface area contributed by atoms with Crippen molar-refractivity contribution in [3.63, 3.8) is 0 Å². The van der Waals surface area contributed by atoms with Crippen molar-refractivity contribution in [2.75, 3.05) is 19.6 Å². The highest BCUT2D eigenvalue weighted by molar-refractivity contribution is 6.33. The fourth-order valence-electron chi connectivity index (χ4n) is 6.51. The molecule has 0 aromatic heterocycles. The van der Waals surface area contributed by atoms with E-state index in [1.54, 1.807) is 0 Å². The van der Waals surface area contributed by atoms with Crippen LogP contribution in [0.3, 0.4) is 0 Å². The number of rotatable bonds is 10. The second-order valence-electron chi connectivity index (χ2n) is 9.91. The molecule has 30 heavy (non-hydrogen) atoms. The van der Waals surface area contributed by atoms with Crippen LogP contribution in [0, 0.1) is 23.2 Å². The lowest BCUT2D eigenvalue weighted by Crippen LogP contribution is -2.51. The smallest absolute Gasteiger partial charge is 0.304 e. The highest BCUT2D eigenvalue weighted by Gasteiger charge is 2.50. The number of carbonyl (C=O) groups is 2. The summed E-state index contributed by atoms with van der Waals surface area (Å²) in [4.78, 5) is 23.5. The van der Waals surface area contributed by atoms with E-state index in [-0.39, 0.29) is 12.3 Å². The molecule has 4 aliphatic rings. The number of halogens is 1. The molecule has 3 N–H and O–H groups in total. The number of benzene rings is 1. The first-order valence-electron chi connectivity index (χ1n) is 11.4. The third-order valence-electron chi connectivity index (χ3n) is 7.40. The summed E-state index contributed by atoms with van der Waals surface area (Å²) in [7, 11) is 0. The van der Waals surface area contributed by atoms with Crippen molar-refractivity contribution in [1.29, 1.82) is 0 Å². The molecule has 4 bridgehead atoms. The molecule has 1 aromatic carbocycles. The first kappa shape index (κ1) is 21.6. The van der Waals surface area contributed by atoms with E-state index in [0.29, 0.717) is 22.5 Å². The summed E-state index contributed by atoms with van der Waals surface area (Å²) < 4.78 is 0. The number of carbonyl (C=O) groups excluding carboxylic acids is 1. The van der Waals surface area contributed by atoms with Crippen molar-refractivity contribution in [2.24, 2.45) is 23.2 Å². The van der Waals surface area contributed by atoms with Crippen LogP contribution in [0.4, 0.5) is 0 Å². The van der Waals surface area contributed by atoms with Crippen LogP contribution < -0.4 is 10.6 Å². The van der Waals surface area contributed by atoms with Gasteiger partial charge in [0.05, 0.1) is 17.0 Å². The highest BCUT2D eigenvalue weighted by atomic mass is 35.5. The number of carboxylic acid groups (broad SMARTS) is 1. The number of aryl methyl sites for hydroxylation is 1. The van der Waals surface area contributed by atoms with Crippen LogP contribution in [0.2, 0.25) is 5.02 Å².